The largest absolute Gasteiger partial charge is 0.497 e. The van der Waals surface area contributed by atoms with Gasteiger partial charge in [0.15, 0.2) is 3.92 Å². The Balaban J connectivity index is 1.86. The number of hydrogen-bond acceptors (Lipinski definition) is 4. The van der Waals surface area contributed by atoms with E-state index in [4.69, 9.17) is 9.47 Å². The third-order valence-electron chi connectivity index (χ3n) is 2.53. The highest BCUT2D eigenvalue weighted by atomic mass is 79.9. The average molecular weight is 328 g/mol. The Kier molecular flexibility index (Phi) is 4.74. The average Bonchev–Trinajstić information content (AvgIpc) is 2.69. The molecule has 0 spiro atoms. The molecule has 96 valence electrons. The standard InChI is InChI=1S/C13H14BrNO2S/c1-9-12(15-13(14)18-9)8-17-7-10-3-5-11(16-2)6-4-10/h3-6H,7-8H2,1-2H3. The maximum atomic E-state index is 5.66. The molecule has 2 rings (SSSR count). The fraction of sp³-hybridized carbons (Fsp3) is 0.308. The van der Waals surface area contributed by atoms with Crippen LogP contribution in [0.15, 0.2) is 28.2 Å². The molecule has 0 aliphatic carbocycles. The van der Waals surface area contributed by atoms with Crippen LogP contribution in [0.1, 0.15) is 16.1 Å². The summed E-state index contributed by atoms with van der Waals surface area (Å²) in [6.45, 7) is 3.17. The Morgan fingerprint density at radius 3 is 2.50 bits per heavy atom. The zero-order chi connectivity index (χ0) is 13.0. The fourth-order valence-electron chi connectivity index (χ4n) is 1.51. The molecule has 1 aromatic carbocycles. The van der Waals surface area contributed by atoms with Crippen molar-refractivity contribution in [3.05, 3.63) is 44.3 Å². The Bertz CT molecular complexity index is 510. The molecular formula is C13H14BrNO2S. The zero-order valence-corrected chi connectivity index (χ0v) is 12.7. The van der Waals surface area contributed by atoms with Gasteiger partial charge in [0.05, 0.1) is 26.0 Å². The summed E-state index contributed by atoms with van der Waals surface area (Å²) in [5.74, 6) is 0.859. The number of halogens is 1. The van der Waals surface area contributed by atoms with Crippen molar-refractivity contribution in [1.29, 1.82) is 0 Å². The number of methoxy groups -OCH3 is 1. The van der Waals surface area contributed by atoms with Gasteiger partial charge < -0.3 is 9.47 Å². The molecular weight excluding hydrogens is 314 g/mol. The summed E-state index contributed by atoms with van der Waals surface area (Å²) in [7, 11) is 1.66. The zero-order valence-electron chi connectivity index (χ0n) is 10.3. The number of ether oxygens (including phenoxy) is 2. The van der Waals surface area contributed by atoms with Crippen molar-refractivity contribution >= 4 is 27.3 Å². The third kappa shape index (κ3) is 3.54. The monoisotopic (exact) mass is 327 g/mol. The van der Waals surface area contributed by atoms with Crippen LogP contribution in [0, 0.1) is 6.92 Å². The molecule has 0 radical (unpaired) electrons. The Morgan fingerprint density at radius 2 is 1.94 bits per heavy atom. The molecule has 0 amide bonds. The molecule has 18 heavy (non-hydrogen) atoms. The van der Waals surface area contributed by atoms with E-state index in [0.29, 0.717) is 13.2 Å². The van der Waals surface area contributed by atoms with E-state index in [-0.39, 0.29) is 0 Å². The first-order valence-corrected chi connectivity index (χ1v) is 7.12. The van der Waals surface area contributed by atoms with E-state index in [1.54, 1.807) is 18.4 Å². The van der Waals surface area contributed by atoms with Crippen LogP contribution in [-0.4, -0.2) is 12.1 Å². The molecule has 0 atom stereocenters. The lowest BCUT2D eigenvalue weighted by molar-refractivity contribution is 0.104. The van der Waals surface area contributed by atoms with Gasteiger partial charge in [-0.3, -0.25) is 0 Å². The molecule has 0 fully saturated rings. The van der Waals surface area contributed by atoms with Crippen molar-refractivity contribution in [3.63, 3.8) is 0 Å². The normalized spacial score (nSPS) is 10.6. The minimum Gasteiger partial charge on any atom is -0.497 e. The first-order valence-electron chi connectivity index (χ1n) is 5.51. The molecule has 0 aliphatic rings. The minimum atomic E-state index is 0.542. The van der Waals surface area contributed by atoms with Crippen molar-refractivity contribution in [1.82, 2.24) is 4.98 Å². The van der Waals surface area contributed by atoms with Gasteiger partial charge in [-0.15, -0.1) is 11.3 Å². The lowest BCUT2D eigenvalue weighted by Crippen LogP contribution is -1.96. The highest BCUT2D eigenvalue weighted by Gasteiger charge is 2.05. The maximum absolute atomic E-state index is 5.66. The van der Waals surface area contributed by atoms with Crippen LogP contribution in [0.5, 0.6) is 5.75 Å². The second-order valence-corrected chi connectivity index (χ2v) is 6.29. The summed E-state index contributed by atoms with van der Waals surface area (Å²) in [6.07, 6.45) is 0. The van der Waals surface area contributed by atoms with Crippen molar-refractivity contribution < 1.29 is 9.47 Å². The van der Waals surface area contributed by atoms with Crippen LogP contribution in [0.2, 0.25) is 0 Å². The maximum Gasteiger partial charge on any atom is 0.159 e. The first kappa shape index (κ1) is 13.5. The van der Waals surface area contributed by atoms with Gasteiger partial charge in [-0.2, -0.15) is 0 Å². The van der Waals surface area contributed by atoms with Crippen molar-refractivity contribution in [2.24, 2.45) is 0 Å². The quantitative estimate of drug-likeness (QED) is 0.833. The minimum absolute atomic E-state index is 0.542. The SMILES string of the molecule is COc1ccc(COCc2nc(Br)sc2C)cc1. The number of rotatable bonds is 5. The van der Waals surface area contributed by atoms with E-state index in [2.05, 4.69) is 27.8 Å². The predicted octanol–water partition coefficient (Wildman–Crippen LogP) is 3.94. The van der Waals surface area contributed by atoms with E-state index >= 15 is 0 Å². The van der Waals surface area contributed by atoms with Gasteiger partial charge in [0.2, 0.25) is 0 Å². The van der Waals surface area contributed by atoms with Crippen LogP contribution >= 0.6 is 27.3 Å². The molecule has 0 N–H and O–H groups in total. The Hall–Kier alpha value is -0.910. The molecule has 0 aliphatic heterocycles. The molecule has 3 nitrogen and oxygen atoms in total. The highest BCUT2D eigenvalue weighted by Crippen LogP contribution is 2.23. The molecule has 0 saturated heterocycles. The molecule has 1 aromatic heterocycles. The van der Waals surface area contributed by atoms with E-state index in [9.17, 15) is 0 Å². The number of benzene rings is 1. The topological polar surface area (TPSA) is 31.4 Å². The van der Waals surface area contributed by atoms with Gasteiger partial charge in [0.25, 0.3) is 0 Å². The fourth-order valence-corrected chi connectivity index (χ4v) is 3.09. The molecule has 2 aromatic rings. The smallest absolute Gasteiger partial charge is 0.159 e. The Labute approximate surface area is 119 Å². The van der Waals surface area contributed by atoms with Gasteiger partial charge >= 0.3 is 0 Å². The predicted molar refractivity (Wildman–Crippen MR) is 76.0 cm³/mol. The van der Waals surface area contributed by atoms with Crippen molar-refractivity contribution in [2.75, 3.05) is 7.11 Å². The molecule has 5 heteroatoms. The Morgan fingerprint density at radius 1 is 1.22 bits per heavy atom. The summed E-state index contributed by atoms with van der Waals surface area (Å²) in [5, 5.41) is 0. The van der Waals surface area contributed by atoms with Crippen LogP contribution in [0.4, 0.5) is 0 Å². The lowest BCUT2D eigenvalue weighted by atomic mass is 10.2. The second kappa shape index (κ2) is 6.31. The summed E-state index contributed by atoms with van der Waals surface area (Å²) >= 11 is 5.00. The number of thiazole rings is 1. The van der Waals surface area contributed by atoms with Crippen molar-refractivity contribution in [3.8, 4) is 5.75 Å². The van der Waals surface area contributed by atoms with Gasteiger partial charge in [0.1, 0.15) is 5.75 Å². The van der Waals surface area contributed by atoms with Crippen LogP contribution < -0.4 is 4.74 Å². The van der Waals surface area contributed by atoms with Gasteiger partial charge in [0, 0.05) is 4.88 Å². The van der Waals surface area contributed by atoms with Gasteiger partial charge in [-0.05, 0) is 40.5 Å². The molecule has 0 unspecified atom stereocenters. The second-order valence-electron chi connectivity index (χ2n) is 3.81. The van der Waals surface area contributed by atoms with Crippen molar-refractivity contribution in [2.45, 2.75) is 20.1 Å². The number of aryl methyl sites for hydroxylation is 1. The van der Waals surface area contributed by atoms with Gasteiger partial charge in [-0.25, -0.2) is 4.98 Å². The molecule has 0 bridgehead atoms. The first-order chi connectivity index (χ1) is 8.69. The molecule has 0 saturated carbocycles. The number of aromatic nitrogens is 1. The summed E-state index contributed by atoms with van der Waals surface area (Å²) in [4.78, 5) is 5.55. The summed E-state index contributed by atoms with van der Waals surface area (Å²) in [6, 6.07) is 7.87. The van der Waals surface area contributed by atoms with E-state index in [0.717, 1.165) is 20.9 Å². The highest BCUT2D eigenvalue weighted by molar-refractivity contribution is 9.11. The van der Waals surface area contributed by atoms with Crippen LogP contribution in [0.3, 0.4) is 0 Å². The summed E-state index contributed by atoms with van der Waals surface area (Å²) in [5.41, 5.74) is 2.13. The number of nitrogens with zero attached hydrogens (tertiary/aromatic N) is 1. The van der Waals surface area contributed by atoms with E-state index in [1.807, 2.05) is 24.3 Å². The van der Waals surface area contributed by atoms with E-state index in [1.165, 1.54) is 4.88 Å². The van der Waals surface area contributed by atoms with Crippen LogP contribution in [-0.2, 0) is 18.0 Å². The number of hydrogen-bond donors (Lipinski definition) is 0. The lowest BCUT2D eigenvalue weighted by Gasteiger charge is -2.04. The molecule has 1 heterocycles. The van der Waals surface area contributed by atoms with Gasteiger partial charge in [-0.1, -0.05) is 12.1 Å². The third-order valence-corrected chi connectivity index (χ3v) is 4.00. The summed E-state index contributed by atoms with van der Waals surface area (Å²) < 4.78 is 11.7. The van der Waals surface area contributed by atoms with E-state index < -0.39 is 0 Å². The van der Waals surface area contributed by atoms with Crippen LogP contribution in [0.25, 0.3) is 0 Å².